The first-order valence-electron chi connectivity index (χ1n) is 9.26. The van der Waals surface area contributed by atoms with Gasteiger partial charge in [0.2, 0.25) is 0 Å². The van der Waals surface area contributed by atoms with Crippen LogP contribution in [0.3, 0.4) is 0 Å². The van der Waals surface area contributed by atoms with Crippen molar-refractivity contribution in [1.29, 1.82) is 0 Å². The maximum absolute atomic E-state index is 13.4. The molecule has 1 unspecified atom stereocenters. The van der Waals surface area contributed by atoms with Gasteiger partial charge >= 0.3 is 5.97 Å². The van der Waals surface area contributed by atoms with Gasteiger partial charge in [0, 0.05) is 25.1 Å². The SMILES string of the molecule is COC(=O)c1ccccc1C(=O)N(CC1CCOC1)C1CCCCC1. The van der Waals surface area contributed by atoms with Crippen LogP contribution in [0.2, 0.25) is 0 Å². The van der Waals surface area contributed by atoms with Crippen LogP contribution in [0.1, 0.15) is 59.2 Å². The topological polar surface area (TPSA) is 55.8 Å². The van der Waals surface area contributed by atoms with Gasteiger partial charge in [-0.2, -0.15) is 0 Å². The second-order valence-corrected chi connectivity index (χ2v) is 7.02. The first kappa shape index (κ1) is 17.9. The largest absolute Gasteiger partial charge is 0.465 e. The first-order chi connectivity index (χ1) is 12.2. The zero-order valence-electron chi connectivity index (χ0n) is 14.9. The van der Waals surface area contributed by atoms with Crippen molar-refractivity contribution in [3.8, 4) is 0 Å². The van der Waals surface area contributed by atoms with Crippen molar-refractivity contribution in [3.63, 3.8) is 0 Å². The van der Waals surface area contributed by atoms with E-state index in [2.05, 4.69) is 0 Å². The molecule has 136 valence electrons. The van der Waals surface area contributed by atoms with Crippen LogP contribution in [0.5, 0.6) is 0 Å². The summed E-state index contributed by atoms with van der Waals surface area (Å²) in [7, 11) is 1.35. The predicted molar refractivity (Wildman–Crippen MR) is 94.6 cm³/mol. The van der Waals surface area contributed by atoms with Gasteiger partial charge in [0.15, 0.2) is 0 Å². The molecule has 1 saturated carbocycles. The van der Waals surface area contributed by atoms with Gasteiger partial charge in [0.1, 0.15) is 0 Å². The summed E-state index contributed by atoms with van der Waals surface area (Å²) in [5, 5.41) is 0. The molecule has 1 amide bonds. The number of nitrogens with zero attached hydrogens (tertiary/aromatic N) is 1. The van der Waals surface area contributed by atoms with E-state index >= 15 is 0 Å². The summed E-state index contributed by atoms with van der Waals surface area (Å²) in [6.07, 6.45) is 6.64. The first-order valence-corrected chi connectivity index (χ1v) is 9.26. The number of amides is 1. The summed E-state index contributed by atoms with van der Waals surface area (Å²) in [6, 6.07) is 7.22. The van der Waals surface area contributed by atoms with Crippen molar-refractivity contribution in [3.05, 3.63) is 35.4 Å². The normalized spacial score (nSPS) is 21.1. The second-order valence-electron chi connectivity index (χ2n) is 7.02. The van der Waals surface area contributed by atoms with Gasteiger partial charge in [-0.1, -0.05) is 31.4 Å². The third kappa shape index (κ3) is 4.21. The summed E-state index contributed by atoms with van der Waals surface area (Å²) >= 11 is 0. The maximum Gasteiger partial charge on any atom is 0.338 e. The molecular weight excluding hydrogens is 318 g/mol. The minimum Gasteiger partial charge on any atom is -0.465 e. The number of esters is 1. The molecule has 1 heterocycles. The molecule has 5 heteroatoms. The van der Waals surface area contributed by atoms with Crippen LogP contribution in [0.25, 0.3) is 0 Å². The zero-order chi connectivity index (χ0) is 17.6. The fraction of sp³-hybridized carbons (Fsp3) is 0.600. The molecular formula is C20H27NO4. The minimum absolute atomic E-state index is 0.0557. The highest BCUT2D eigenvalue weighted by atomic mass is 16.5. The van der Waals surface area contributed by atoms with E-state index in [1.807, 2.05) is 4.90 Å². The Kier molecular flexibility index (Phi) is 6.08. The summed E-state index contributed by atoms with van der Waals surface area (Å²) in [5.41, 5.74) is 0.789. The third-order valence-electron chi connectivity index (χ3n) is 5.32. The van der Waals surface area contributed by atoms with Crippen LogP contribution in [0.4, 0.5) is 0 Å². The highest BCUT2D eigenvalue weighted by Gasteiger charge is 2.31. The molecule has 1 aliphatic heterocycles. The lowest BCUT2D eigenvalue weighted by atomic mass is 9.92. The summed E-state index contributed by atoms with van der Waals surface area (Å²) < 4.78 is 10.4. The van der Waals surface area contributed by atoms with Gasteiger partial charge in [-0.15, -0.1) is 0 Å². The fourth-order valence-corrected chi connectivity index (χ4v) is 3.91. The van der Waals surface area contributed by atoms with E-state index in [1.165, 1.54) is 13.5 Å². The van der Waals surface area contributed by atoms with E-state index in [1.54, 1.807) is 24.3 Å². The van der Waals surface area contributed by atoms with Gasteiger partial charge in [-0.25, -0.2) is 4.79 Å². The molecule has 0 radical (unpaired) electrons. The van der Waals surface area contributed by atoms with Crippen molar-refractivity contribution in [2.24, 2.45) is 5.92 Å². The van der Waals surface area contributed by atoms with Crippen LogP contribution in [-0.2, 0) is 9.47 Å². The molecule has 2 fully saturated rings. The van der Waals surface area contributed by atoms with Crippen molar-refractivity contribution in [2.45, 2.75) is 44.6 Å². The number of hydrogen-bond donors (Lipinski definition) is 0. The highest BCUT2D eigenvalue weighted by molar-refractivity contribution is 6.05. The number of rotatable bonds is 5. The van der Waals surface area contributed by atoms with Crippen molar-refractivity contribution in [2.75, 3.05) is 26.9 Å². The molecule has 1 aliphatic carbocycles. The molecule has 25 heavy (non-hydrogen) atoms. The van der Waals surface area contributed by atoms with Crippen LogP contribution in [-0.4, -0.2) is 49.7 Å². The summed E-state index contributed by atoms with van der Waals surface area (Å²) in [5.74, 6) is -0.132. The zero-order valence-corrected chi connectivity index (χ0v) is 14.9. The molecule has 5 nitrogen and oxygen atoms in total. The average Bonchev–Trinajstić information content (AvgIpc) is 3.19. The molecule has 0 spiro atoms. The highest BCUT2D eigenvalue weighted by Crippen LogP contribution is 2.27. The van der Waals surface area contributed by atoms with Crippen molar-refractivity contribution < 1.29 is 19.1 Å². The Morgan fingerprint density at radius 2 is 1.84 bits per heavy atom. The van der Waals surface area contributed by atoms with Gasteiger partial charge in [-0.05, 0) is 31.4 Å². The number of ether oxygens (including phenoxy) is 2. The smallest absolute Gasteiger partial charge is 0.338 e. The van der Waals surface area contributed by atoms with Crippen LogP contribution in [0, 0.1) is 5.92 Å². The number of methoxy groups -OCH3 is 1. The molecule has 1 atom stereocenters. The Labute approximate surface area is 149 Å². The van der Waals surface area contributed by atoms with Gasteiger partial charge < -0.3 is 14.4 Å². The second kappa shape index (κ2) is 8.48. The number of hydrogen-bond acceptors (Lipinski definition) is 4. The third-order valence-corrected chi connectivity index (χ3v) is 5.32. The monoisotopic (exact) mass is 345 g/mol. The van der Waals surface area contributed by atoms with Crippen molar-refractivity contribution >= 4 is 11.9 Å². The summed E-state index contributed by atoms with van der Waals surface area (Å²) in [4.78, 5) is 27.4. The molecule has 0 bridgehead atoms. The van der Waals surface area contributed by atoms with Crippen molar-refractivity contribution in [1.82, 2.24) is 4.90 Å². The lowest BCUT2D eigenvalue weighted by Gasteiger charge is -2.36. The lowest BCUT2D eigenvalue weighted by Crippen LogP contribution is -2.44. The minimum atomic E-state index is -0.461. The molecule has 1 saturated heterocycles. The van der Waals surface area contributed by atoms with Crippen LogP contribution in [0.15, 0.2) is 24.3 Å². The van der Waals surface area contributed by atoms with Gasteiger partial charge in [0.25, 0.3) is 5.91 Å². The molecule has 0 aromatic heterocycles. The molecule has 3 rings (SSSR count). The van der Waals surface area contributed by atoms with E-state index < -0.39 is 5.97 Å². The fourth-order valence-electron chi connectivity index (χ4n) is 3.91. The number of benzene rings is 1. The lowest BCUT2D eigenvalue weighted by molar-refractivity contribution is 0.0548. The van der Waals surface area contributed by atoms with E-state index in [4.69, 9.17) is 9.47 Å². The number of carbonyl (C=O) groups is 2. The van der Waals surface area contributed by atoms with E-state index in [-0.39, 0.29) is 11.9 Å². The average molecular weight is 345 g/mol. The molecule has 1 aromatic carbocycles. The predicted octanol–water partition coefficient (Wildman–Crippen LogP) is 3.28. The van der Waals surface area contributed by atoms with E-state index in [0.717, 1.165) is 45.3 Å². The Bertz CT molecular complexity index is 603. The Balaban J connectivity index is 1.86. The maximum atomic E-state index is 13.4. The molecule has 1 aromatic rings. The Hall–Kier alpha value is -1.88. The molecule has 0 N–H and O–H groups in total. The van der Waals surface area contributed by atoms with Gasteiger partial charge in [0.05, 0.1) is 24.8 Å². The molecule has 2 aliphatic rings. The Morgan fingerprint density at radius 3 is 2.48 bits per heavy atom. The number of carbonyl (C=O) groups excluding carboxylic acids is 2. The van der Waals surface area contributed by atoms with E-state index in [9.17, 15) is 9.59 Å². The van der Waals surface area contributed by atoms with Gasteiger partial charge in [-0.3, -0.25) is 4.79 Å². The quantitative estimate of drug-likeness (QED) is 0.769. The summed E-state index contributed by atoms with van der Waals surface area (Å²) in [6.45, 7) is 2.20. The van der Waals surface area contributed by atoms with Crippen LogP contribution < -0.4 is 0 Å². The van der Waals surface area contributed by atoms with Crippen LogP contribution >= 0.6 is 0 Å². The Morgan fingerprint density at radius 1 is 1.12 bits per heavy atom. The van der Waals surface area contributed by atoms with E-state index in [0.29, 0.717) is 23.6 Å². The standard InChI is InChI=1S/C20H27NO4/c1-24-20(23)18-10-6-5-9-17(18)19(22)21(13-15-11-12-25-14-15)16-7-3-2-4-8-16/h5-6,9-10,15-16H,2-4,7-8,11-14H2,1H3.